The van der Waals surface area contributed by atoms with E-state index >= 15 is 0 Å². The maximum atomic E-state index is 10.6. The summed E-state index contributed by atoms with van der Waals surface area (Å²) >= 11 is 0. The number of nitro groups is 1. The molecule has 0 radical (unpaired) electrons. The summed E-state index contributed by atoms with van der Waals surface area (Å²) in [4.78, 5) is 10.1. The quantitative estimate of drug-likeness (QED) is 0.275. The van der Waals surface area contributed by atoms with Gasteiger partial charge in [0.2, 0.25) is 0 Å². The van der Waals surface area contributed by atoms with E-state index in [-0.39, 0.29) is 11.1 Å². The zero-order valence-electron chi connectivity index (χ0n) is 10.1. The fourth-order valence-corrected chi connectivity index (χ4v) is 1.71. The second-order valence-electron chi connectivity index (χ2n) is 4.83. The monoisotopic (exact) mass is 249 g/mol. The lowest BCUT2D eigenvalue weighted by molar-refractivity contribution is -0.384. The molecule has 1 aromatic rings. The van der Waals surface area contributed by atoms with Crippen LogP contribution in [0.5, 0.6) is 0 Å². The van der Waals surface area contributed by atoms with E-state index in [1.807, 2.05) is 6.92 Å². The van der Waals surface area contributed by atoms with Crippen LogP contribution in [-0.2, 0) is 9.31 Å². The highest BCUT2D eigenvalue weighted by molar-refractivity contribution is 6.63. The molecule has 0 aliphatic carbocycles. The highest BCUT2D eigenvalue weighted by atomic mass is 16.6. The van der Waals surface area contributed by atoms with Gasteiger partial charge in [0.1, 0.15) is 5.41 Å². The first-order chi connectivity index (χ1) is 8.39. The van der Waals surface area contributed by atoms with Crippen molar-refractivity contribution in [1.82, 2.24) is 0 Å². The minimum atomic E-state index is -0.583. The predicted octanol–water partition coefficient (Wildman–Crippen LogP) is 0.759. The molecule has 1 saturated heterocycles. The van der Waals surface area contributed by atoms with E-state index in [4.69, 9.17) is 15.0 Å². The number of hydrogen-bond acceptors (Lipinski definition) is 5. The molecule has 0 saturated carbocycles. The van der Waals surface area contributed by atoms with Gasteiger partial charge in [0.25, 0.3) is 5.69 Å². The molecule has 1 aromatic carbocycles. The smallest absolute Gasteiger partial charge is 0.402 e. The van der Waals surface area contributed by atoms with E-state index in [0.717, 1.165) is 0 Å². The van der Waals surface area contributed by atoms with Crippen LogP contribution in [0.15, 0.2) is 18.2 Å². The molecule has 6 nitrogen and oxygen atoms in total. The molecule has 0 aromatic heterocycles. The molecule has 0 amide bonds. The van der Waals surface area contributed by atoms with Crippen LogP contribution >= 0.6 is 0 Å². The van der Waals surface area contributed by atoms with Crippen molar-refractivity contribution in [2.45, 2.75) is 6.92 Å². The molecule has 7 heteroatoms. The van der Waals surface area contributed by atoms with Crippen molar-refractivity contribution in [3.8, 4) is 0 Å². The summed E-state index contributed by atoms with van der Waals surface area (Å²) in [5.74, 6) is 0. The molecular formula is C11H14BN2O4+. The van der Waals surface area contributed by atoms with Gasteiger partial charge in [-0.1, -0.05) is 6.07 Å². The van der Waals surface area contributed by atoms with Gasteiger partial charge < -0.3 is 15.0 Å². The van der Waals surface area contributed by atoms with Crippen LogP contribution in [0.25, 0.3) is 0 Å². The Kier molecular flexibility index (Phi) is 3.19. The largest absolute Gasteiger partial charge is 0.496 e. The van der Waals surface area contributed by atoms with E-state index in [2.05, 4.69) is 6.92 Å². The minimum Gasteiger partial charge on any atom is -0.402 e. The summed E-state index contributed by atoms with van der Waals surface area (Å²) in [5, 5.41) is 10.6. The van der Waals surface area contributed by atoms with Gasteiger partial charge in [-0.2, -0.15) is 0 Å². The van der Waals surface area contributed by atoms with Gasteiger partial charge in [-0.15, -0.1) is 0 Å². The van der Waals surface area contributed by atoms with E-state index in [0.29, 0.717) is 24.4 Å². The van der Waals surface area contributed by atoms with Gasteiger partial charge in [-0.05, 0) is 6.92 Å². The van der Waals surface area contributed by atoms with Gasteiger partial charge >= 0.3 is 7.12 Å². The number of nitrogens with zero attached hydrogens (tertiary/aromatic N) is 1. The van der Waals surface area contributed by atoms with E-state index in [1.165, 1.54) is 12.1 Å². The molecule has 18 heavy (non-hydrogen) atoms. The number of non-ortho nitro benzene ring substituents is 1. The van der Waals surface area contributed by atoms with Crippen LogP contribution in [0.1, 0.15) is 6.92 Å². The molecule has 1 heterocycles. The lowest BCUT2D eigenvalue weighted by Crippen LogP contribution is -2.48. The predicted molar refractivity (Wildman–Crippen MR) is 68.3 cm³/mol. The summed E-state index contributed by atoms with van der Waals surface area (Å²) in [6, 6.07) is 4.25. The van der Waals surface area contributed by atoms with Crippen LogP contribution in [-0.4, -0.2) is 25.3 Å². The van der Waals surface area contributed by atoms with Crippen LogP contribution < -0.4 is 11.2 Å². The van der Waals surface area contributed by atoms with E-state index in [1.54, 1.807) is 6.07 Å². The maximum absolute atomic E-state index is 10.6. The molecule has 2 N–H and O–H groups in total. The number of anilines is 1. The average molecular weight is 249 g/mol. The van der Waals surface area contributed by atoms with Gasteiger partial charge in [-0.25, -0.2) is 0 Å². The first-order valence-corrected chi connectivity index (χ1v) is 5.51. The Morgan fingerprint density at radius 2 is 2.11 bits per heavy atom. The van der Waals surface area contributed by atoms with Crippen molar-refractivity contribution in [2.24, 2.45) is 5.41 Å². The summed E-state index contributed by atoms with van der Waals surface area (Å²) in [7, 11) is -0.583. The van der Waals surface area contributed by atoms with Crippen molar-refractivity contribution in [2.75, 3.05) is 18.9 Å². The summed E-state index contributed by atoms with van der Waals surface area (Å²) in [5.41, 5.74) is 6.36. The van der Waals surface area contributed by atoms with Crippen molar-refractivity contribution in [3.63, 3.8) is 0 Å². The zero-order chi connectivity index (χ0) is 13.3. The Bertz CT molecular complexity index is 468. The topological polar surface area (TPSA) is 87.6 Å². The molecule has 0 spiro atoms. The Morgan fingerprint density at radius 1 is 1.50 bits per heavy atom. The summed E-state index contributed by atoms with van der Waals surface area (Å²) in [6.07, 6.45) is 0. The number of nitro benzene ring substituents is 1. The lowest BCUT2D eigenvalue weighted by Gasteiger charge is -2.28. The molecule has 1 aliphatic rings. The number of rotatable bonds is 2. The number of nitrogen functional groups attached to an aromatic ring is 1. The van der Waals surface area contributed by atoms with Crippen LogP contribution in [0.2, 0.25) is 0 Å². The van der Waals surface area contributed by atoms with Crippen molar-refractivity contribution >= 4 is 24.0 Å². The highest BCUT2D eigenvalue weighted by Crippen LogP contribution is 2.22. The van der Waals surface area contributed by atoms with Crippen molar-refractivity contribution in [3.05, 3.63) is 35.2 Å². The average Bonchev–Trinajstić information content (AvgIpc) is 2.29. The zero-order valence-corrected chi connectivity index (χ0v) is 10.1. The van der Waals surface area contributed by atoms with Gasteiger partial charge in [-0.3, -0.25) is 10.1 Å². The van der Waals surface area contributed by atoms with Crippen molar-refractivity contribution < 1.29 is 14.2 Å². The molecule has 0 bridgehead atoms. The number of nitrogens with two attached hydrogens (primary N) is 1. The molecule has 1 fully saturated rings. The Hall–Kier alpha value is -1.73. The first-order valence-electron chi connectivity index (χ1n) is 5.51. The fraction of sp³-hybridized carbons (Fsp3) is 0.364. The number of hydrogen-bond donors (Lipinski definition) is 1. The normalized spacial score (nSPS) is 18.6. The third-order valence-corrected chi connectivity index (χ3v) is 2.70. The minimum absolute atomic E-state index is 0.0472. The molecular weight excluding hydrogens is 235 g/mol. The molecule has 94 valence electrons. The van der Waals surface area contributed by atoms with Crippen LogP contribution in [0.3, 0.4) is 0 Å². The van der Waals surface area contributed by atoms with Crippen LogP contribution in [0.4, 0.5) is 11.4 Å². The summed E-state index contributed by atoms with van der Waals surface area (Å²) < 4.78 is 11.1. The SMILES string of the molecule is [CH2+]C1(C)COB(c2ccc([N+](=O)[O-])cc2N)OC1. The first kappa shape index (κ1) is 12.7. The van der Waals surface area contributed by atoms with Crippen LogP contribution in [0, 0.1) is 22.5 Å². The van der Waals surface area contributed by atoms with E-state index < -0.39 is 12.0 Å². The molecule has 0 unspecified atom stereocenters. The third-order valence-electron chi connectivity index (χ3n) is 2.70. The molecule has 2 rings (SSSR count). The Morgan fingerprint density at radius 3 is 2.61 bits per heavy atom. The fourth-order valence-electron chi connectivity index (χ4n) is 1.71. The lowest BCUT2D eigenvalue weighted by atomic mass is 9.75. The Balaban J connectivity index is 2.17. The second kappa shape index (κ2) is 4.51. The third kappa shape index (κ3) is 2.57. The van der Waals surface area contributed by atoms with Gasteiger partial charge in [0.15, 0.2) is 0 Å². The highest BCUT2D eigenvalue weighted by Gasteiger charge is 2.38. The van der Waals surface area contributed by atoms with Gasteiger partial charge in [0.05, 0.1) is 25.1 Å². The van der Waals surface area contributed by atoms with Crippen molar-refractivity contribution in [1.29, 1.82) is 0 Å². The molecule has 1 aliphatic heterocycles. The molecule has 0 atom stereocenters. The van der Waals surface area contributed by atoms with E-state index in [9.17, 15) is 10.1 Å². The summed E-state index contributed by atoms with van der Waals surface area (Å²) in [6.45, 7) is 6.78. The van der Waals surface area contributed by atoms with Gasteiger partial charge in [0, 0.05) is 23.3 Å². The maximum Gasteiger partial charge on any atom is 0.496 e. The Labute approximate surface area is 105 Å². The standard InChI is InChI=1S/C11H14BN2O4/c1-11(2)6-17-12(18-7-11)9-4-3-8(14(15)16)5-10(9)13/h3-5H,1,6-7,13H2,2H3/q+1. The number of benzene rings is 1. The second-order valence-corrected chi connectivity index (χ2v) is 4.83.